The number of ether oxygens (including phenoxy) is 1. The van der Waals surface area contributed by atoms with Crippen LogP contribution in [0, 0.1) is 0 Å². The van der Waals surface area contributed by atoms with E-state index in [1.54, 1.807) is 54.6 Å². The molecule has 0 saturated carbocycles. The monoisotopic (exact) mass is 468 g/mol. The van der Waals surface area contributed by atoms with E-state index >= 15 is 0 Å². The van der Waals surface area contributed by atoms with E-state index in [0.717, 1.165) is 0 Å². The summed E-state index contributed by atoms with van der Waals surface area (Å²) in [5.41, 5.74) is 0.424. The number of anilines is 1. The fourth-order valence-corrected chi connectivity index (χ4v) is 4.20. The number of nitrogens with one attached hydrogen (secondary N) is 1. The molecule has 2 aromatic heterocycles. The summed E-state index contributed by atoms with van der Waals surface area (Å²) in [6.07, 6.45) is 1.44. The van der Waals surface area contributed by atoms with Gasteiger partial charge in [-0.2, -0.15) is 0 Å². The normalized spacial score (nSPS) is 11.2. The highest BCUT2D eigenvalue weighted by Gasteiger charge is 2.19. The van der Waals surface area contributed by atoms with E-state index < -0.39 is 15.7 Å². The Balaban J connectivity index is 1.38. The van der Waals surface area contributed by atoms with Gasteiger partial charge in [0.1, 0.15) is 17.3 Å². The van der Waals surface area contributed by atoms with Crippen LogP contribution in [0.15, 0.2) is 94.4 Å². The molecule has 0 atom stereocenters. The van der Waals surface area contributed by atoms with Crippen LogP contribution in [0.3, 0.4) is 0 Å². The summed E-state index contributed by atoms with van der Waals surface area (Å²) < 4.78 is 36.0. The molecule has 1 amide bonds. The third-order valence-electron chi connectivity index (χ3n) is 4.35. The zero-order valence-corrected chi connectivity index (χ0v) is 18.1. The molecule has 7 nitrogen and oxygen atoms in total. The molecular formula is C23H17ClN2O5S. The number of amides is 1. The number of pyridine rings is 1. The highest BCUT2D eigenvalue weighted by Crippen LogP contribution is 2.23. The SMILES string of the molecule is O=C(Nc1ccc(Oc2ccc(Cl)cc2)nc1)c1ccc(CS(=O)(=O)c2ccccc2)o1. The molecular weight excluding hydrogens is 452 g/mol. The number of rotatable bonds is 7. The van der Waals surface area contributed by atoms with Crippen molar-refractivity contribution < 1.29 is 22.4 Å². The lowest BCUT2D eigenvalue weighted by Crippen LogP contribution is -2.11. The van der Waals surface area contributed by atoms with E-state index in [-0.39, 0.29) is 22.2 Å². The lowest BCUT2D eigenvalue weighted by molar-refractivity contribution is 0.0995. The Morgan fingerprint density at radius 3 is 2.41 bits per heavy atom. The predicted molar refractivity (Wildman–Crippen MR) is 120 cm³/mol. The second kappa shape index (κ2) is 9.25. The number of benzene rings is 2. The van der Waals surface area contributed by atoms with Crippen LogP contribution in [0.1, 0.15) is 16.3 Å². The molecule has 0 bridgehead atoms. The average molecular weight is 469 g/mol. The van der Waals surface area contributed by atoms with E-state index in [1.165, 1.54) is 30.5 Å². The van der Waals surface area contributed by atoms with Crippen molar-refractivity contribution in [3.8, 4) is 11.6 Å². The van der Waals surface area contributed by atoms with E-state index in [1.807, 2.05) is 0 Å². The highest BCUT2D eigenvalue weighted by atomic mass is 35.5. The largest absolute Gasteiger partial charge is 0.455 e. The lowest BCUT2D eigenvalue weighted by atomic mass is 10.3. The number of carbonyl (C=O) groups excluding carboxylic acids is 1. The fourth-order valence-electron chi connectivity index (χ4n) is 2.81. The van der Waals surface area contributed by atoms with Gasteiger partial charge in [-0.3, -0.25) is 4.79 Å². The standard InChI is InChI=1S/C23H17ClN2O5S/c24-16-6-9-18(10-7-16)31-22-13-8-17(14-25-22)26-23(27)21-12-11-19(30-21)15-32(28,29)20-4-2-1-3-5-20/h1-14H,15H2,(H,26,27). The Morgan fingerprint density at radius 1 is 0.969 bits per heavy atom. The minimum Gasteiger partial charge on any atom is -0.455 e. The van der Waals surface area contributed by atoms with Gasteiger partial charge in [-0.05, 0) is 54.6 Å². The number of hydrogen-bond acceptors (Lipinski definition) is 6. The van der Waals surface area contributed by atoms with Gasteiger partial charge in [0.05, 0.1) is 16.8 Å². The van der Waals surface area contributed by atoms with Crippen molar-refractivity contribution >= 4 is 33.0 Å². The van der Waals surface area contributed by atoms with Gasteiger partial charge in [0.15, 0.2) is 15.6 Å². The quantitative estimate of drug-likeness (QED) is 0.392. The molecule has 32 heavy (non-hydrogen) atoms. The second-order valence-corrected chi connectivity index (χ2v) is 9.16. The summed E-state index contributed by atoms with van der Waals surface area (Å²) >= 11 is 5.85. The Morgan fingerprint density at radius 2 is 1.72 bits per heavy atom. The molecule has 0 saturated heterocycles. The van der Waals surface area contributed by atoms with Crippen LogP contribution in [0.4, 0.5) is 5.69 Å². The first-order valence-corrected chi connectivity index (χ1v) is 11.5. The molecule has 9 heteroatoms. The van der Waals surface area contributed by atoms with Crippen LogP contribution in [-0.2, 0) is 15.6 Å². The Hall–Kier alpha value is -3.62. The highest BCUT2D eigenvalue weighted by molar-refractivity contribution is 7.90. The summed E-state index contributed by atoms with van der Waals surface area (Å²) in [4.78, 5) is 16.8. The molecule has 2 heterocycles. The van der Waals surface area contributed by atoms with E-state index in [4.69, 9.17) is 20.8 Å². The fraction of sp³-hybridized carbons (Fsp3) is 0.0435. The van der Waals surface area contributed by atoms with E-state index in [2.05, 4.69) is 10.3 Å². The van der Waals surface area contributed by atoms with Crippen molar-refractivity contribution in [2.75, 3.05) is 5.32 Å². The molecule has 2 aromatic carbocycles. The maximum Gasteiger partial charge on any atom is 0.291 e. The molecule has 4 aromatic rings. The number of halogens is 1. The number of hydrogen-bond donors (Lipinski definition) is 1. The van der Waals surface area contributed by atoms with Crippen LogP contribution in [0.5, 0.6) is 11.6 Å². The number of aromatic nitrogens is 1. The zero-order valence-electron chi connectivity index (χ0n) is 16.6. The molecule has 0 fully saturated rings. The number of nitrogens with zero attached hydrogens (tertiary/aromatic N) is 1. The zero-order chi connectivity index (χ0) is 22.6. The predicted octanol–water partition coefficient (Wildman–Crippen LogP) is 5.35. The first-order chi connectivity index (χ1) is 15.4. The number of carbonyl (C=O) groups is 1. The topological polar surface area (TPSA) is 98.5 Å². The molecule has 0 aliphatic heterocycles. The van der Waals surface area contributed by atoms with Crippen LogP contribution in [0.2, 0.25) is 5.02 Å². The lowest BCUT2D eigenvalue weighted by Gasteiger charge is -2.06. The summed E-state index contributed by atoms with van der Waals surface area (Å²) in [5.74, 6) is 0.210. The van der Waals surface area contributed by atoms with E-state index in [9.17, 15) is 13.2 Å². The first kappa shape index (κ1) is 21.6. The summed E-state index contributed by atoms with van der Waals surface area (Å²) in [7, 11) is -3.57. The van der Waals surface area contributed by atoms with Gasteiger partial charge in [-0.25, -0.2) is 13.4 Å². The van der Waals surface area contributed by atoms with Gasteiger partial charge in [-0.1, -0.05) is 29.8 Å². The number of furan rings is 1. The van der Waals surface area contributed by atoms with Crippen LogP contribution < -0.4 is 10.1 Å². The molecule has 0 spiro atoms. The summed E-state index contributed by atoms with van der Waals surface area (Å²) in [6.45, 7) is 0. The van der Waals surface area contributed by atoms with Crippen molar-refractivity contribution in [1.82, 2.24) is 4.98 Å². The van der Waals surface area contributed by atoms with Crippen molar-refractivity contribution in [2.45, 2.75) is 10.6 Å². The third kappa shape index (κ3) is 5.35. The van der Waals surface area contributed by atoms with Gasteiger partial charge in [-0.15, -0.1) is 0 Å². The maximum absolute atomic E-state index is 12.5. The smallest absolute Gasteiger partial charge is 0.291 e. The molecule has 0 aliphatic rings. The molecule has 0 aliphatic carbocycles. The molecule has 162 valence electrons. The number of sulfone groups is 1. The molecule has 1 N–H and O–H groups in total. The first-order valence-electron chi connectivity index (χ1n) is 9.46. The average Bonchev–Trinajstić information content (AvgIpc) is 3.25. The van der Waals surface area contributed by atoms with Crippen LogP contribution in [0.25, 0.3) is 0 Å². The van der Waals surface area contributed by atoms with Crippen LogP contribution >= 0.6 is 11.6 Å². The van der Waals surface area contributed by atoms with Gasteiger partial charge >= 0.3 is 0 Å². The van der Waals surface area contributed by atoms with Gasteiger partial charge in [0.25, 0.3) is 5.91 Å². The summed E-state index contributed by atoms with van der Waals surface area (Å²) in [5, 5.41) is 3.25. The van der Waals surface area contributed by atoms with Crippen molar-refractivity contribution in [3.05, 3.63) is 102 Å². The van der Waals surface area contributed by atoms with Crippen LogP contribution in [-0.4, -0.2) is 19.3 Å². The molecule has 0 unspecified atom stereocenters. The van der Waals surface area contributed by atoms with E-state index in [0.29, 0.717) is 22.3 Å². The van der Waals surface area contributed by atoms with Crippen molar-refractivity contribution in [3.63, 3.8) is 0 Å². The minimum absolute atomic E-state index is 0.00949. The third-order valence-corrected chi connectivity index (χ3v) is 6.26. The maximum atomic E-state index is 12.5. The minimum atomic E-state index is -3.57. The Labute approximate surface area is 189 Å². The van der Waals surface area contributed by atoms with Crippen molar-refractivity contribution in [2.24, 2.45) is 0 Å². The van der Waals surface area contributed by atoms with Crippen molar-refractivity contribution in [1.29, 1.82) is 0 Å². The summed E-state index contributed by atoms with van der Waals surface area (Å²) in [6, 6.07) is 21.0. The van der Waals surface area contributed by atoms with Gasteiger partial charge in [0, 0.05) is 11.1 Å². The Kier molecular flexibility index (Phi) is 6.25. The Bertz CT molecular complexity index is 1320. The molecule has 4 rings (SSSR count). The van der Waals surface area contributed by atoms with Gasteiger partial charge < -0.3 is 14.5 Å². The second-order valence-electron chi connectivity index (χ2n) is 6.73. The van der Waals surface area contributed by atoms with Gasteiger partial charge in [0.2, 0.25) is 5.88 Å². The molecule has 0 radical (unpaired) electrons.